The van der Waals surface area contributed by atoms with E-state index in [0.717, 1.165) is 5.56 Å². The molecule has 1 N–H and O–H groups in total. The van der Waals surface area contributed by atoms with E-state index in [1.165, 1.54) is 17.0 Å². The van der Waals surface area contributed by atoms with Gasteiger partial charge in [-0.15, -0.1) is 0 Å². The third-order valence-corrected chi connectivity index (χ3v) is 7.48. The highest BCUT2D eigenvalue weighted by Crippen LogP contribution is 2.42. The zero-order valence-electron chi connectivity index (χ0n) is 22.8. The topological polar surface area (TPSA) is 94.9 Å². The van der Waals surface area contributed by atoms with Crippen molar-refractivity contribution < 1.29 is 28.2 Å². The van der Waals surface area contributed by atoms with Gasteiger partial charge in [-0.3, -0.25) is 14.4 Å². The Bertz CT molecular complexity index is 1640. The molecule has 1 aliphatic heterocycles. The summed E-state index contributed by atoms with van der Waals surface area (Å²) in [6.07, 6.45) is 2.64. The van der Waals surface area contributed by atoms with E-state index in [1.807, 2.05) is 6.92 Å². The summed E-state index contributed by atoms with van der Waals surface area (Å²) in [6, 6.07) is 12.9. The van der Waals surface area contributed by atoms with Crippen molar-refractivity contribution >= 4 is 40.9 Å². The standard InChI is InChI=1S/C30H27Cl2FN4O5/c1-18-24(31)4-3-5-27(18)40-10-11-42-30(39)37-8-9-41-28-23(13-22(33)14-26(28)37)21-15-35-36(17-21)16-20-12-19(29(38)34-2)6-7-25(20)32/h3-7,12-15,17H,8-11,16H2,1-2H3,(H,34,38). The summed E-state index contributed by atoms with van der Waals surface area (Å²) < 4.78 is 33.5. The van der Waals surface area contributed by atoms with Gasteiger partial charge in [0.2, 0.25) is 0 Å². The highest BCUT2D eigenvalue weighted by molar-refractivity contribution is 6.31. The van der Waals surface area contributed by atoms with Crippen molar-refractivity contribution in [3.05, 3.63) is 93.5 Å². The predicted octanol–water partition coefficient (Wildman–Crippen LogP) is 6.13. The van der Waals surface area contributed by atoms with E-state index < -0.39 is 11.9 Å². The number of carbonyl (C=O) groups excluding carboxylic acids is 2. The minimum atomic E-state index is -0.649. The molecule has 1 aliphatic rings. The number of ether oxygens (including phenoxy) is 3. The van der Waals surface area contributed by atoms with Gasteiger partial charge >= 0.3 is 6.09 Å². The van der Waals surface area contributed by atoms with Crippen molar-refractivity contribution in [2.24, 2.45) is 0 Å². The Morgan fingerprint density at radius 2 is 1.95 bits per heavy atom. The van der Waals surface area contributed by atoms with Crippen molar-refractivity contribution in [2.45, 2.75) is 13.5 Å². The van der Waals surface area contributed by atoms with Crippen LogP contribution in [-0.2, 0) is 11.3 Å². The number of aromatic nitrogens is 2. The van der Waals surface area contributed by atoms with Crippen LogP contribution in [0.3, 0.4) is 0 Å². The second-order valence-electron chi connectivity index (χ2n) is 9.44. The number of hydrogen-bond acceptors (Lipinski definition) is 6. The van der Waals surface area contributed by atoms with Crippen LogP contribution in [0.4, 0.5) is 14.9 Å². The molecule has 0 bridgehead atoms. The fourth-order valence-electron chi connectivity index (χ4n) is 4.54. The van der Waals surface area contributed by atoms with E-state index in [9.17, 15) is 14.0 Å². The predicted molar refractivity (Wildman–Crippen MR) is 157 cm³/mol. The highest BCUT2D eigenvalue weighted by Gasteiger charge is 2.29. The van der Waals surface area contributed by atoms with Crippen LogP contribution in [0.2, 0.25) is 10.0 Å². The van der Waals surface area contributed by atoms with Crippen LogP contribution in [0.25, 0.3) is 11.1 Å². The molecule has 0 spiro atoms. The lowest BCUT2D eigenvalue weighted by atomic mass is 10.1. The molecule has 0 unspecified atom stereocenters. The SMILES string of the molecule is CNC(=O)c1ccc(Cl)c(Cn2cc(-c3cc(F)cc4c3OCCN4C(=O)OCCOc3cccc(Cl)c3C)cn2)c1. The molecule has 0 atom stereocenters. The van der Waals surface area contributed by atoms with Crippen LogP contribution in [-0.4, -0.2) is 55.2 Å². The van der Waals surface area contributed by atoms with Gasteiger partial charge in [0.15, 0.2) is 5.75 Å². The molecule has 12 heteroatoms. The smallest absolute Gasteiger partial charge is 0.414 e. The van der Waals surface area contributed by atoms with Crippen LogP contribution < -0.4 is 19.7 Å². The van der Waals surface area contributed by atoms with Crippen LogP contribution in [0.1, 0.15) is 21.5 Å². The minimum absolute atomic E-state index is 0.0178. The Hall–Kier alpha value is -4.28. The number of nitrogens with one attached hydrogen (secondary N) is 1. The van der Waals surface area contributed by atoms with Gasteiger partial charge in [-0.2, -0.15) is 5.10 Å². The van der Waals surface area contributed by atoms with Gasteiger partial charge in [-0.05, 0) is 48.9 Å². The summed E-state index contributed by atoms with van der Waals surface area (Å²) in [5.74, 6) is 0.152. The van der Waals surface area contributed by atoms with Crippen molar-refractivity contribution in [1.82, 2.24) is 15.1 Å². The van der Waals surface area contributed by atoms with Crippen molar-refractivity contribution in [3.8, 4) is 22.6 Å². The van der Waals surface area contributed by atoms with E-state index in [0.29, 0.717) is 43.8 Å². The second kappa shape index (κ2) is 12.7. The fourth-order valence-corrected chi connectivity index (χ4v) is 4.89. The lowest BCUT2D eigenvalue weighted by Gasteiger charge is -2.30. The van der Waals surface area contributed by atoms with Crippen LogP contribution in [0.15, 0.2) is 60.9 Å². The van der Waals surface area contributed by atoms with Crippen LogP contribution in [0, 0.1) is 12.7 Å². The molecule has 2 amide bonds. The molecule has 1 aromatic heterocycles. The monoisotopic (exact) mass is 612 g/mol. The van der Waals surface area contributed by atoms with Gasteiger partial charge in [0.1, 0.15) is 31.4 Å². The molecule has 218 valence electrons. The maximum Gasteiger partial charge on any atom is 0.414 e. The van der Waals surface area contributed by atoms with Crippen molar-refractivity contribution in [1.29, 1.82) is 0 Å². The first-order valence-electron chi connectivity index (χ1n) is 13.1. The maximum absolute atomic E-state index is 14.9. The molecule has 4 aromatic rings. The van der Waals surface area contributed by atoms with E-state index in [4.69, 9.17) is 37.4 Å². The summed E-state index contributed by atoms with van der Waals surface area (Å²) in [5.41, 5.74) is 3.20. The average Bonchev–Trinajstić information content (AvgIpc) is 3.45. The van der Waals surface area contributed by atoms with Gasteiger partial charge in [0, 0.05) is 51.6 Å². The largest absolute Gasteiger partial charge is 0.490 e. The van der Waals surface area contributed by atoms with Crippen molar-refractivity contribution in [3.63, 3.8) is 0 Å². The molecule has 3 aromatic carbocycles. The second-order valence-corrected chi connectivity index (χ2v) is 10.3. The van der Waals surface area contributed by atoms with E-state index in [-0.39, 0.29) is 44.5 Å². The van der Waals surface area contributed by atoms with Gasteiger partial charge in [-0.25, -0.2) is 9.18 Å². The minimum Gasteiger partial charge on any atom is -0.490 e. The number of nitrogens with zero attached hydrogens (tertiary/aromatic N) is 3. The molecule has 0 saturated carbocycles. The van der Waals surface area contributed by atoms with Gasteiger partial charge < -0.3 is 19.5 Å². The summed E-state index contributed by atoms with van der Waals surface area (Å²) >= 11 is 12.5. The van der Waals surface area contributed by atoms with Gasteiger partial charge in [-0.1, -0.05) is 29.3 Å². The van der Waals surface area contributed by atoms with Crippen LogP contribution >= 0.6 is 23.2 Å². The normalized spacial score (nSPS) is 12.4. The third-order valence-electron chi connectivity index (χ3n) is 6.70. The molecule has 5 rings (SSSR count). The molecule has 9 nitrogen and oxygen atoms in total. The summed E-state index contributed by atoms with van der Waals surface area (Å²) in [5, 5.41) is 8.04. The highest BCUT2D eigenvalue weighted by atomic mass is 35.5. The van der Waals surface area contributed by atoms with E-state index >= 15 is 0 Å². The summed E-state index contributed by atoms with van der Waals surface area (Å²) in [6.45, 7) is 2.59. The van der Waals surface area contributed by atoms with Crippen molar-refractivity contribution in [2.75, 3.05) is 38.3 Å². The number of anilines is 1. The van der Waals surface area contributed by atoms with E-state index in [2.05, 4.69) is 10.4 Å². The number of fused-ring (bicyclic) bond motifs is 1. The first kappa shape index (κ1) is 29.2. The summed E-state index contributed by atoms with van der Waals surface area (Å²) in [7, 11) is 1.55. The molecule has 0 radical (unpaired) electrons. The Morgan fingerprint density at radius 3 is 2.76 bits per heavy atom. The Labute approximate surface area is 251 Å². The zero-order chi connectivity index (χ0) is 29.8. The first-order chi connectivity index (χ1) is 20.2. The number of rotatable bonds is 8. The summed E-state index contributed by atoms with van der Waals surface area (Å²) in [4.78, 5) is 26.4. The zero-order valence-corrected chi connectivity index (χ0v) is 24.3. The maximum atomic E-state index is 14.9. The molecule has 2 heterocycles. The fraction of sp³-hybridized carbons (Fsp3) is 0.233. The molecule has 0 aliphatic carbocycles. The number of carbonyl (C=O) groups is 2. The number of hydrogen-bond donors (Lipinski definition) is 1. The number of amides is 2. The quantitative estimate of drug-likeness (QED) is 0.241. The molecule has 0 fully saturated rings. The number of benzene rings is 3. The molecule has 42 heavy (non-hydrogen) atoms. The van der Waals surface area contributed by atoms with Gasteiger partial charge in [0.05, 0.1) is 25.0 Å². The first-order valence-corrected chi connectivity index (χ1v) is 13.8. The Balaban J connectivity index is 1.31. The third kappa shape index (κ3) is 6.29. The Kier molecular flexibility index (Phi) is 8.84. The van der Waals surface area contributed by atoms with Gasteiger partial charge in [0.25, 0.3) is 5.91 Å². The molecular weight excluding hydrogens is 586 g/mol. The molecule has 0 saturated heterocycles. The Morgan fingerprint density at radius 1 is 1.12 bits per heavy atom. The molecular formula is C30H27Cl2FN4O5. The number of halogens is 3. The van der Waals surface area contributed by atoms with Crippen LogP contribution in [0.5, 0.6) is 11.5 Å². The lowest BCUT2D eigenvalue weighted by Crippen LogP contribution is -2.39. The average molecular weight is 613 g/mol. The lowest BCUT2D eigenvalue weighted by molar-refractivity contribution is 0.0963. The van der Waals surface area contributed by atoms with E-state index in [1.54, 1.807) is 60.5 Å².